The number of nitrogens with one attached hydrogen (secondary N) is 1. The van der Waals surface area contributed by atoms with Gasteiger partial charge in [-0.05, 0) is 66.6 Å². The fourth-order valence-corrected chi connectivity index (χ4v) is 4.52. The molecule has 0 fully saturated rings. The molecule has 0 saturated carbocycles. The molecule has 0 bridgehead atoms. The van der Waals surface area contributed by atoms with E-state index in [1.54, 1.807) is 19.2 Å². The fraction of sp³-hybridized carbons (Fsp3) is 0.368. The number of nitrogen functional groups attached to an aromatic ring is 1. The molecule has 1 aliphatic rings. The highest BCUT2D eigenvalue weighted by molar-refractivity contribution is 7.89. The number of benzene rings is 2. The summed E-state index contributed by atoms with van der Waals surface area (Å²) in [5.74, 6) is 0. The minimum absolute atomic E-state index is 0.206. The first-order chi connectivity index (χ1) is 12.0. The van der Waals surface area contributed by atoms with Crippen LogP contribution in [0.15, 0.2) is 47.4 Å². The highest BCUT2D eigenvalue weighted by Gasteiger charge is 2.25. The first kappa shape index (κ1) is 17.9. The number of aryl methyl sites for hydroxylation is 1. The van der Waals surface area contributed by atoms with Gasteiger partial charge in [0.05, 0.1) is 11.5 Å². The zero-order chi connectivity index (χ0) is 17.9. The lowest BCUT2D eigenvalue weighted by atomic mass is 9.88. The van der Waals surface area contributed by atoms with Gasteiger partial charge in [0.2, 0.25) is 10.0 Å². The van der Waals surface area contributed by atoms with Crippen molar-refractivity contribution in [1.29, 1.82) is 0 Å². The Morgan fingerprint density at radius 1 is 1.20 bits per heavy atom. The second-order valence-electron chi connectivity index (χ2n) is 6.41. The standard InChI is InChI=1S/C19H24N2O3S/c1-24-12-11-14-5-8-17(9-6-14)25(22,23)21-19-4-2-3-15-13-16(20)7-10-18(15)19/h5-10,13,19,21H,2-4,11-12,20H2,1H3. The average Bonchev–Trinajstić information content (AvgIpc) is 2.60. The molecule has 0 saturated heterocycles. The van der Waals surface area contributed by atoms with E-state index in [4.69, 9.17) is 10.5 Å². The quantitative estimate of drug-likeness (QED) is 0.776. The number of methoxy groups -OCH3 is 1. The average molecular weight is 360 g/mol. The van der Waals surface area contributed by atoms with Crippen LogP contribution in [-0.2, 0) is 27.6 Å². The molecule has 2 aromatic rings. The van der Waals surface area contributed by atoms with E-state index in [0.29, 0.717) is 12.3 Å². The number of ether oxygens (including phenoxy) is 1. The molecule has 25 heavy (non-hydrogen) atoms. The summed E-state index contributed by atoms with van der Waals surface area (Å²) in [7, 11) is -1.91. The molecule has 3 rings (SSSR count). The van der Waals surface area contributed by atoms with E-state index in [1.165, 1.54) is 0 Å². The van der Waals surface area contributed by atoms with E-state index < -0.39 is 10.0 Å². The van der Waals surface area contributed by atoms with E-state index in [9.17, 15) is 8.42 Å². The van der Waals surface area contributed by atoms with Crippen LogP contribution in [0.2, 0.25) is 0 Å². The Hall–Kier alpha value is -1.89. The molecule has 0 spiro atoms. The maximum absolute atomic E-state index is 12.7. The largest absolute Gasteiger partial charge is 0.399 e. The molecule has 0 amide bonds. The summed E-state index contributed by atoms with van der Waals surface area (Å²) in [4.78, 5) is 0.288. The lowest BCUT2D eigenvalue weighted by Gasteiger charge is -2.26. The summed E-state index contributed by atoms with van der Waals surface area (Å²) < 4.78 is 33.4. The lowest BCUT2D eigenvalue weighted by Crippen LogP contribution is -2.31. The van der Waals surface area contributed by atoms with Crippen LogP contribution in [0.3, 0.4) is 0 Å². The van der Waals surface area contributed by atoms with Gasteiger partial charge < -0.3 is 10.5 Å². The first-order valence-corrected chi connectivity index (χ1v) is 9.96. The number of hydrogen-bond donors (Lipinski definition) is 2. The van der Waals surface area contributed by atoms with Gasteiger partial charge in [0, 0.05) is 18.8 Å². The summed E-state index contributed by atoms with van der Waals surface area (Å²) in [6, 6.07) is 12.5. The van der Waals surface area contributed by atoms with Gasteiger partial charge in [-0.25, -0.2) is 13.1 Å². The van der Waals surface area contributed by atoms with E-state index in [1.807, 2.05) is 30.3 Å². The fourth-order valence-electron chi connectivity index (χ4n) is 3.27. The molecule has 0 aliphatic heterocycles. The van der Waals surface area contributed by atoms with E-state index >= 15 is 0 Å². The van der Waals surface area contributed by atoms with Crippen molar-refractivity contribution in [2.45, 2.75) is 36.6 Å². The minimum atomic E-state index is -3.56. The van der Waals surface area contributed by atoms with Gasteiger partial charge in [-0.15, -0.1) is 0 Å². The van der Waals surface area contributed by atoms with Crippen molar-refractivity contribution in [2.24, 2.45) is 0 Å². The molecule has 1 atom stereocenters. The van der Waals surface area contributed by atoms with Gasteiger partial charge in [0.1, 0.15) is 0 Å². The van der Waals surface area contributed by atoms with Crippen LogP contribution in [0.1, 0.15) is 35.6 Å². The van der Waals surface area contributed by atoms with E-state index in [-0.39, 0.29) is 10.9 Å². The Morgan fingerprint density at radius 2 is 1.96 bits per heavy atom. The van der Waals surface area contributed by atoms with E-state index in [2.05, 4.69) is 4.72 Å². The Morgan fingerprint density at radius 3 is 2.68 bits per heavy atom. The summed E-state index contributed by atoms with van der Waals surface area (Å²) in [6.07, 6.45) is 3.44. The molecular formula is C19H24N2O3S. The molecule has 1 aliphatic carbocycles. The molecule has 134 valence electrons. The van der Waals surface area contributed by atoms with Gasteiger partial charge in [0.25, 0.3) is 0 Å². The normalized spacial score (nSPS) is 17.2. The smallest absolute Gasteiger partial charge is 0.241 e. The second-order valence-corrected chi connectivity index (χ2v) is 8.13. The van der Waals surface area contributed by atoms with Crippen molar-refractivity contribution in [1.82, 2.24) is 4.72 Å². The molecule has 5 nitrogen and oxygen atoms in total. The number of rotatable bonds is 6. The first-order valence-electron chi connectivity index (χ1n) is 8.48. The molecular weight excluding hydrogens is 336 g/mol. The van der Waals surface area contributed by atoms with Crippen molar-refractivity contribution in [2.75, 3.05) is 19.5 Å². The molecule has 1 unspecified atom stereocenters. The van der Waals surface area contributed by atoms with Crippen LogP contribution in [0.4, 0.5) is 5.69 Å². The van der Waals surface area contributed by atoms with Gasteiger partial charge in [0.15, 0.2) is 0 Å². The molecule has 0 radical (unpaired) electrons. The Bertz CT molecular complexity index is 832. The predicted molar refractivity (Wildman–Crippen MR) is 98.9 cm³/mol. The number of fused-ring (bicyclic) bond motifs is 1. The molecule has 3 N–H and O–H groups in total. The van der Waals surface area contributed by atoms with Crippen LogP contribution in [-0.4, -0.2) is 22.1 Å². The second kappa shape index (κ2) is 7.56. The maximum Gasteiger partial charge on any atom is 0.241 e. The van der Waals surface area contributed by atoms with Gasteiger partial charge in [-0.1, -0.05) is 18.2 Å². The number of anilines is 1. The van der Waals surface area contributed by atoms with Crippen molar-refractivity contribution in [3.8, 4) is 0 Å². The summed E-state index contributed by atoms with van der Waals surface area (Å²) in [5.41, 5.74) is 9.78. The molecule has 2 aromatic carbocycles. The molecule has 0 aromatic heterocycles. The number of sulfonamides is 1. The maximum atomic E-state index is 12.7. The Balaban J connectivity index is 1.78. The van der Waals surface area contributed by atoms with Crippen LogP contribution >= 0.6 is 0 Å². The van der Waals surface area contributed by atoms with Crippen LogP contribution in [0, 0.1) is 0 Å². The third kappa shape index (κ3) is 4.21. The van der Waals surface area contributed by atoms with E-state index in [0.717, 1.165) is 42.4 Å². The van der Waals surface area contributed by atoms with Crippen molar-refractivity contribution in [3.05, 3.63) is 59.2 Å². The Labute approximate surface area is 149 Å². The third-order valence-corrected chi connectivity index (χ3v) is 6.09. The monoisotopic (exact) mass is 360 g/mol. The van der Waals surface area contributed by atoms with Crippen LogP contribution < -0.4 is 10.5 Å². The topological polar surface area (TPSA) is 81.4 Å². The third-order valence-electron chi connectivity index (χ3n) is 4.61. The van der Waals surface area contributed by atoms with Crippen LogP contribution in [0.25, 0.3) is 0 Å². The zero-order valence-electron chi connectivity index (χ0n) is 14.4. The van der Waals surface area contributed by atoms with Gasteiger partial charge in [-0.3, -0.25) is 0 Å². The molecule has 6 heteroatoms. The van der Waals surface area contributed by atoms with Crippen LogP contribution in [0.5, 0.6) is 0 Å². The highest BCUT2D eigenvalue weighted by atomic mass is 32.2. The summed E-state index contributed by atoms with van der Waals surface area (Å²) in [6.45, 7) is 0.617. The minimum Gasteiger partial charge on any atom is -0.399 e. The number of hydrogen-bond acceptors (Lipinski definition) is 4. The summed E-state index contributed by atoms with van der Waals surface area (Å²) in [5, 5.41) is 0. The lowest BCUT2D eigenvalue weighted by molar-refractivity contribution is 0.202. The van der Waals surface area contributed by atoms with Gasteiger partial charge in [-0.2, -0.15) is 0 Å². The zero-order valence-corrected chi connectivity index (χ0v) is 15.2. The van der Waals surface area contributed by atoms with Crippen molar-refractivity contribution < 1.29 is 13.2 Å². The number of nitrogens with two attached hydrogens (primary N) is 1. The predicted octanol–water partition coefficient (Wildman–Crippen LogP) is 2.81. The highest BCUT2D eigenvalue weighted by Crippen LogP contribution is 2.32. The van der Waals surface area contributed by atoms with Crippen molar-refractivity contribution >= 4 is 15.7 Å². The Kier molecular flexibility index (Phi) is 5.42. The SMILES string of the molecule is COCCc1ccc(S(=O)(=O)NC2CCCc3cc(N)ccc32)cc1. The molecule has 0 heterocycles. The van der Waals surface area contributed by atoms with Gasteiger partial charge >= 0.3 is 0 Å². The summed E-state index contributed by atoms with van der Waals surface area (Å²) >= 11 is 0. The van der Waals surface area contributed by atoms with Crippen molar-refractivity contribution in [3.63, 3.8) is 0 Å².